The zero-order valence-corrected chi connectivity index (χ0v) is 18.3. The predicted molar refractivity (Wildman–Crippen MR) is 119 cm³/mol. The number of carbonyl (C=O) groups excluding carboxylic acids is 1. The van der Waals surface area contributed by atoms with E-state index in [9.17, 15) is 19.4 Å². The maximum atomic E-state index is 14.1. The van der Waals surface area contributed by atoms with E-state index in [0.29, 0.717) is 35.5 Å². The molecule has 1 aliphatic carbocycles. The summed E-state index contributed by atoms with van der Waals surface area (Å²) in [7, 11) is 0. The number of amides is 1. The maximum absolute atomic E-state index is 14.1. The molecule has 3 heterocycles. The van der Waals surface area contributed by atoms with Crippen LogP contribution in [0.3, 0.4) is 0 Å². The fourth-order valence-electron chi connectivity index (χ4n) is 3.60. The average Bonchev–Trinajstić information content (AvgIpc) is 3.18. The molecule has 1 saturated carbocycles. The van der Waals surface area contributed by atoms with Crippen LogP contribution in [0.15, 0.2) is 36.7 Å². The number of anilines is 1. The van der Waals surface area contributed by atoms with Gasteiger partial charge in [-0.3, -0.25) is 9.78 Å². The van der Waals surface area contributed by atoms with Gasteiger partial charge in [-0.15, -0.1) is 0 Å². The van der Waals surface area contributed by atoms with Crippen LogP contribution in [0.5, 0.6) is 0 Å². The molecular formula is C23H25FN6O3. The lowest BCUT2D eigenvalue weighted by atomic mass is 9.89. The average molecular weight is 452 g/mol. The number of hydrogen-bond donors (Lipinski definition) is 4. The van der Waals surface area contributed by atoms with E-state index in [1.165, 1.54) is 26.2 Å². The molecule has 0 aliphatic heterocycles. The third-order valence-corrected chi connectivity index (χ3v) is 5.72. The Morgan fingerprint density at radius 1 is 1.36 bits per heavy atom. The van der Waals surface area contributed by atoms with Crippen LogP contribution in [0.2, 0.25) is 0 Å². The third-order valence-electron chi connectivity index (χ3n) is 5.72. The van der Waals surface area contributed by atoms with E-state index in [-0.39, 0.29) is 24.3 Å². The van der Waals surface area contributed by atoms with E-state index in [4.69, 9.17) is 5.26 Å². The predicted octanol–water partition coefficient (Wildman–Crippen LogP) is 2.04. The fourth-order valence-corrected chi connectivity index (χ4v) is 3.60. The van der Waals surface area contributed by atoms with Gasteiger partial charge in [-0.25, -0.2) is 8.91 Å². The maximum Gasteiger partial charge on any atom is 0.255 e. The highest BCUT2D eigenvalue weighted by Gasteiger charge is 2.30. The summed E-state index contributed by atoms with van der Waals surface area (Å²) in [6, 6.07) is 9.11. The molecule has 1 amide bonds. The van der Waals surface area contributed by atoms with Gasteiger partial charge in [-0.05, 0) is 51.0 Å². The number of nitrogens with zero attached hydrogens (tertiary/aromatic N) is 4. The van der Waals surface area contributed by atoms with Gasteiger partial charge in [-0.1, -0.05) is 0 Å². The van der Waals surface area contributed by atoms with E-state index >= 15 is 0 Å². The molecule has 0 radical (unpaired) electrons. The lowest BCUT2D eigenvalue weighted by molar-refractivity contribution is -0.00177. The second-order valence-electron chi connectivity index (χ2n) is 8.82. The van der Waals surface area contributed by atoms with E-state index in [1.54, 1.807) is 16.6 Å². The molecule has 0 unspecified atom stereocenters. The van der Waals surface area contributed by atoms with Crippen LogP contribution in [0, 0.1) is 11.3 Å². The number of halogens is 1. The summed E-state index contributed by atoms with van der Waals surface area (Å²) in [5, 5.41) is 38.6. The Kier molecular flexibility index (Phi) is 6.01. The van der Waals surface area contributed by atoms with Gasteiger partial charge in [0.1, 0.15) is 12.2 Å². The first-order valence-electron chi connectivity index (χ1n) is 10.6. The highest BCUT2D eigenvalue weighted by molar-refractivity contribution is 6.00. The minimum absolute atomic E-state index is 0.00697. The quantitative estimate of drug-likeness (QED) is 0.431. The summed E-state index contributed by atoms with van der Waals surface area (Å²) in [6.45, 7) is 2.33. The smallest absolute Gasteiger partial charge is 0.255 e. The molecule has 9 nitrogen and oxygen atoms in total. The van der Waals surface area contributed by atoms with E-state index in [1.807, 2.05) is 12.1 Å². The fraction of sp³-hybridized carbons (Fsp3) is 0.391. The third kappa shape index (κ3) is 4.79. The molecule has 0 bridgehead atoms. The molecule has 0 saturated heterocycles. The van der Waals surface area contributed by atoms with Gasteiger partial charge < -0.3 is 20.8 Å². The summed E-state index contributed by atoms with van der Waals surface area (Å²) in [6.07, 6.45) is 1.95. The number of rotatable bonds is 7. The van der Waals surface area contributed by atoms with Gasteiger partial charge in [-0.2, -0.15) is 10.4 Å². The van der Waals surface area contributed by atoms with Crippen molar-refractivity contribution in [2.75, 3.05) is 11.9 Å². The van der Waals surface area contributed by atoms with Crippen molar-refractivity contribution in [3.05, 3.63) is 47.8 Å². The number of carbonyl (C=O) groups is 1. The van der Waals surface area contributed by atoms with E-state index in [0.717, 1.165) is 5.52 Å². The number of nitriles is 1. The Hall–Kier alpha value is -3.55. The first-order valence-corrected chi connectivity index (χ1v) is 10.6. The van der Waals surface area contributed by atoms with Gasteiger partial charge in [0.2, 0.25) is 0 Å². The molecule has 1 atom stereocenters. The van der Waals surface area contributed by atoms with Crippen LogP contribution < -0.4 is 10.6 Å². The first kappa shape index (κ1) is 22.6. The Balaban J connectivity index is 1.64. The SMILES string of the molecule is CC(C)(O)[C@H](F)CNC(=O)c1cnc(-c2ccc3cc(C#N)cnn23)cc1N[C@H]1C[C@H](O)C1. The molecular weight excluding hydrogens is 427 g/mol. The van der Waals surface area contributed by atoms with Crippen LogP contribution >= 0.6 is 0 Å². The van der Waals surface area contributed by atoms with Crippen LogP contribution in [0.1, 0.15) is 42.6 Å². The number of aliphatic hydroxyl groups is 2. The van der Waals surface area contributed by atoms with Gasteiger partial charge >= 0.3 is 0 Å². The van der Waals surface area contributed by atoms with Crippen LogP contribution in [-0.4, -0.2) is 61.2 Å². The molecule has 3 aromatic rings. The minimum Gasteiger partial charge on any atom is -0.393 e. The van der Waals surface area contributed by atoms with Crippen LogP contribution in [0.4, 0.5) is 10.1 Å². The van der Waals surface area contributed by atoms with Crippen molar-refractivity contribution in [1.82, 2.24) is 19.9 Å². The van der Waals surface area contributed by atoms with Crippen LogP contribution in [-0.2, 0) is 0 Å². The topological polar surface area (TPSA) is 136 Å². The number of alkyl halides is 1. The van der Waals surface area contributed by atoms with Gasteiger partial charge in [0.05, 0.1) is 58.2 Å². The lowest BCUT2D eigenvalue weighted by Crippen LogP contribution is -2.42. The zero-order chi connectivity index (χ0) is 23.8. The van der Waals surface area contributed by atoms with Crippen molar-refractivity contribution in [2.24, 2.45) is 0 Å². The number of pyridine rings is 1. The van der Waals surface area contributed by atoms with Gasteiger partial charge in [0.15, 0.2) is 0 Å². The van der Waals surface area contributed by atoms with Crippen molar-refractivity contribution in [3.63, 3.8) is 0 Å². The summed E-state index contributed by atoms with van der Waals surface area (Å²) < 4.78 is 15.8. The Bertz CT molecular complexity index is 1220. The number of fused-ring (bicyclic) bond motifs is 1. The molecule has 3 aromatic heterocycles. The monoisotopic (exact) mass is 452 g/mol. The highest BCUT2D eigenvalue weighted by Crippen LogP contribution is 2.29. The number of aliphatic hydroxyl groups excluding tert-OH is 1. The molecule has 33 heavy (non-hydrogen) atoms. The Morgan fingerprint density at radius 3 is 2.79 bits per heavy atom. The van der Waals surface area contributed by atoms with Gasteiger partial charge in [0.25, 0.3) is 5.91 Å². The van der Waals surface area contributed by atoms with E-state index < -0.39 is 17.7 Å². The number of aromatic nitrogens is 3. The van der Waals surface area contributed by atoms with Crippen molar-refractivity contribution < 1.29 is 19.4 Å². The van der Waals surface area contributed by atoms with Gasteiger partial charge in [0, 0.05) is 12.2 Å². The second-order valence-corrected chi connectivity index (χ2v) is 8.82. The standard InChI is InChI=1S/C23H25FN6O3/c1-23(2,33)21(24)12-27-22(32)17-11-26-19(8-18(17)29-14-6-16(31)7-14)20-4-3-15-5-13(9-25)10-28-30(15)20/h3-5,8,10-11,14,16,21,31,33H,6-7,12H2,1-2H3,(H,26,29)(H,27,32)/t14-,16-,21-/m1/s1. The first-order chi connectivity index (χ1) is 15.7. The second kappa shape index (κ2) is 8.77. The largest absolute Gasteiger partial charge is 0.393 e. The normalized spacial score (nSPS) is 18.9. The molecule has 0 spiro atoms. The van der Waals surface area contributed by atoms with Crippen molar-refractivity contribution in [3.8, 4) is 17.5 Å². The van der Waals surface area contributed by atoms with Crippen molar-refractivity contribution in [1.29, 1.82) is 5.26 Å². The van der Waals surface area contributed by atoms with Crippen LogP contribution in [0.25, 0.3) is 16.9 Å². The summed E-state index contributed by atoms with van der Waals surface area (Å²) in [5.74, 6) is -0.528. The lowest BCUT2D eigenvalue weighted by Gasteiger charge is -2.33. The Labute approximate surface area is 189 Å². The minimum atomic E-state index is -1.64. The summed E-state index contributed by atoms with van der Waals surface area (Å²) >= 11 is 0. The molecule has 1 aliphatic rings. The highest BCUT2D eigenvalue weighted by atomic mass is 19.1. The number of nitrogens with one attached hydrogen (secondary N) is 2. The van der Waals surface area contributed by atoms with Crippen molar-refractivity contribution in [2.45, 2.75) is 50.6 Å². The molecule has 172 valence electrons. The Morgan fingerprint density at radius 2 is 2.12 bits per heavy atom. The zero-order valence-electron chi connectivity index (χ0n) is 18.3. The molecule has 4 N–H and O–H groups in total. The van der Waals surface area contributed by atoms with Crippen molar-refractivity contribution >= 4 is 17.1 Å². The molecule has 0 aromatic carbocycles. The van der Waals surface area contributed by atoms with E-state index in [2.05, 4.69) is 26.8 Å². The number of hydrogen-bond acceptors (Lipinski definition) is 7. The molecule has 4 rings (SSSR count). The summed E-state index contributed by atoms with van der Waals surface area (Å²) in [5.41, 5.74) is 1.53. The molecule has 10 heteroatoms. The molecule has 1 fully saturated rings. The summed E-state index contributed by atoms with van der Waals surface area (Å²) in [4.78, 5) is 17.2.